The zero-order chi connectivity index (χ0) is 16.7. The van der Waals surface area contributed by atoms with Gasteiger partial charge in [-0.05, 0) is 31.2 Å². The summed E-state index contributed by atoms with van der Waals surface area (Å²) in [5.74, 6) is -0.688. The number of carbonyl (C=O) groups excluding carboxylic acids is 1. The quantitative estimate of drug-likeness (QED) is 0.938. The Hall–Kier alpha value is -2.37. The molecule has 1 aromatic heterocycles. The van der Waals surface area contributed by atoms with E-state index < -0.39 is 12.0 Å². The van der Waals surface area contributed by atoms with E-state index in [0.29, 0.717) is 12.3 Å². The van der Waals surface area contributed by atoms with Crippen LogP contribution >= 0.6 is 0 Å². The van der Waals surface area contributed by atoms with Crippen LogP contribution in [-0.2, 0) is 16.1 Å². The number of likely N-dealkylation sites (tertiary alicyclic amines) is 1. The molecule has 1 aliphatic heterocycles. The summed E-state index contributed by atoms with van der Waals surface area (Å²) < 4.78 is 1.67. The van der Waals surface area contributed by atoms with Crippen molar-refractivity contribution in [2.24, 2.45) is 5.92 Å². The summed E-state index contributed by atoms with van der Waals surface area (Å²) in [6.45, 7) is 0.0977. The summed E-state index contributed by atoms with van der Waals surface area (Å²) in [4.78, 5) is 26.2. The van der Waals surface area contributed by atoms with Gasteiger partial charge in [-0.15, -0.1) is 0 Å². The third kappa shape index (κ3) is 2.46. The number of para-hydroxylation sites is 1. The Morgan fingerprint density at radius 3 is 2.83 bits per heavy atom. The smallest absolute Gasteiger partial charge is 0.326 e. The zero-order valence-corrected chi connectivity index (χ0v) is 13.5. The molecule has 6 heteroatoms. The molecule has 2 aromatic rings. The molecular weight excluding hydrogens is 306 g/mol. The van der Waals surface area contributed by atoms with Crippen molar-refractivity contribution in [3.05, 3.63) is 30.5 Å². The molecule has 1 saturated heterocycles. The van der Waals surface area contributed by atoms with Gasteiger partial charge in [0, 0.05) is 11.4 Å². The second-order valence-corrected chi connectivity index (χ2v) is 6.86. The molecule has 0 bridgehead atoms. The summed E-state index contributed by atoms with van der Waals surface area (Å²) in [6, 6.07) is 7.12. The van der Waals surface area contributed by atoms with Crippen molar-refractivity contribution in [2.75, 3.05) is 0 Å². The molecule has 2 fully saturated rings. The molecule has 1 aromatic carbocycles. The highest BCUT2D eigenvalue weighted by Crippen LogP contribution is 2.40. The number of carbonyl (C=O) groups is 2. The van der Waals surface area contributed by atoms with Crippen molar-refractivity contribution in [3.63, 3.8) is 0 Å². The maximum Gasteiger partial charge on any atom is 0.326 e. The average molecular weight is 327 g/mol. The number of hydrogen-bond donors (Lipinski definition) is 1. The minimum absolute atomic E-state index is 0.0779. The fourth-order valence-corrected chi connectivity index (χ4v) is 4.40. The van der Waals surface area contributed by atoms with E-state index in [4.69, 9.17) is 0 Å². The number of rotatable bonds is 3. The van der Waals surface area contributed by atoms with Crippen LogP contribution < -0.4 is 0 Å². The van der Waals surface area contributed by atoms with E-state index in [2.05, 4.69) is 5.10 Å². The Morgan fingerprint density at radius 1 is 1.21 bits per heavy atom. The van der Waals surface area contributed by atoms with Gasteiger partial charge in [-0.1, -0.05) is 31.0 Å². The van der Waals surface area contributed by atoms with E-state index >= 15 is 0 Å². The number of carboxylic acids is 1. The minimum Gasteiger partial charge on any atom is -0.480 e. The van der Waals surface area contributed by atoms with Crippen molar-refractivity contribution in [2.45, 2.75) is 50.7 Å². The lowest BCUT2D eigenvalue weighted by molar-refractivity contribution is -0.150. The first-order valence-electron chi connectivity index (χ1n) is 8.59. The first-order valence-corrected chi connectivity index (χ1v) is 8.59. The molecule has 6 nitrogen and oxygen atoms in total. The van der Waals surface area contributed by atoms with Gasteiger partial charge in [0.1, 0.15) is 12.6 Å². The number of nitrogens with zero attached hydrogens (tertiary/aromatic N) is 3. The van der Waals surface area contributed by atoms with Crippen molar-refractivity contribution < 1.29 is 14.7 Å². The van der Waals surface area contributed by atoms with Gasteiger partial charge in [0.2, 0.25) is 5.91 Å². The normalized spacial score (nSPS) is 26.5. The molecule has 24 heavy (non-hydrogen) atoms. The lowest BCUT2D eigenvalue weighted by Crippen LogP contribution is -2.47. The first-order chi connectivity index (χ1) is 11.6. The van der Waals surface area contributed by atoms with E-state index in [1.165, 1.54) is 0 Å². The lowest BCUT2D eigenvalue weighted by Gasteiger charge is -2.33. The number of aromatic nitrogens is 2. The van der Waals surface area contributed by atoms with Gasteiger partial charge in [-0.2, -0.15) is 5.10 Å². The first kappa shape index (κ1) is 15.2. The summed E-state index contributed by atoms with van der Waals surface area (Å²) in [5.41, 5.74) is 0.900. The van der Waals surface area contributed by atoms with Crippen LogP contribution in [0.1, 0.15) is 32.1 Å². The molecule has 2 aliphatic rings. The highest BCUT2D eigenvalue weighted by atomic mass is 16.4. The van der Waals surface area contributed by atoms with Crippen molar-refractivity contribution in [1.82, 2.24) is 14.7 Å². The van der Waals surface area contributed by atoms with Crippen molar-refractivity contribution >= 4 is 22.8 Å². The molecule has 1 saturated carbocycles. The SMILES string of the molecule is O=C(O)C1CC2CCCCC2N1C(=O)Cn1ncc2ccccc21. The van der Waals surface area contributed by atoms with Crippen LogP contribution in [0.25, 0.3) is 10.9 Å². The van der Waals surface area contributed by atoms with E-state index in [1.807, 2.05) is 24.3 Å². The van der Waals surface area contributed by atoms with E-state index in [1.54, 1.807) is 15.8 Å². The highest BCUT2D eigenvalue weighted by molar-refractivity contribution is 5.86. The Labute approximate surface area is 140 Å². The van der Waals surface area contributed by atoms with Crippen LogP contribution in [0.3, 0.4) is 0 Å². The molecule has 3 unspecified atom stereocenters. The molecule has 3 atom stereocenters. The van der Waals surface area contributed by atoms with Gasteiger partial charge >= 0.3 is 5.97 Å². The second kappa shape index (κ2) is 5.92. The number of carboxylic acid groups (broad SMARTS) is 1. The average Bonchev–Trinajstić information content (AvgIpc) is 3.16. The Bertz CT molecular complexity index is 785. The van der Waals surface area contributed by atoms with Crippen LogP contribution in [0.4, 0.5) is 0 Å². The maximum absolute atomic E-state index is 12.9. The van der Waals surface area contributed by atoms with Crippen LogP contribution in [0, 0.1) is 5.92 Å². The number of aliphatic carboxylic acids is 1. The number of fused-ring (bicyclic) bond motifs is 2. The lowest BCUT2D eigenvalue weighted by atomic mass is 9.85. The summed E-state index contributed by atoms with van der Waals surface area (Å²) in [5, 5.41) is 14.8. The molecule has 0 radical (unpaired) electrons. The monoisotopic (exact) mass is 327 g/mol. The predicted octanol–water partition coefficient (Wildman–Crippen LogP) is 2.28. The molecule has 1 N–H and O–H groups in total. The Morgan fingerprint density at radius 2 is 2.00 bits per heavy atom. The Kier molecular flexibility index (Phi) is 3.75. The summed E-state index contributed by atoms with van der Waals surface area (Å²) in [6.07, 6.45) is 6.49. The number of benzene rings is 1. The molecular formula is C18H21N3O3. The van der Waals surface area contributed by atoms with Crippen LogP contribution in [0.2, 0.25) is 0 Å². The van der Waals surface area contributed by atoms with Gasteiger partial charge in [0.05, 0.1) is 11.7 Å². The molecule has 4 rings (SSSR count). The number of amides is 1. The fourth-order valence-electron chi connectivity index (χ4n) is 4.40. The summed E-state index contributed by atoms with van der Waals surface area (Å²) in [7, 11) is 0. The molecule has 1 amide bonds. The third-order valence-electron chi connectivity index (χ3n) is 5.50. The van der Waals surface area contributed by atoms with Gasteiger partial charge in [-0.25, -0.2) is 4.79 Å². The molecule has 2 heterocycles. The second-order valence-electron chi connectivity index (χ2n) is 6.86. The van der Waals surface area contributed by atoms with Crippen LogP contribution in [0.15, 0.2) is 30.5 Å². The topological polar surface area (TPSA) is 75.4 Å². The van der Waals surface area contributed by atoms with E-state index in [0.717, 1.165) is 36.6 Å². The van der Waals surface area contributed by atoms with E-state index in [-0.39, 0.29) is 18.5 Å². The molecule has 1 aliphatic carbocycles. The van der Waals surface area contributed by atoms with Crippen molar-refractivity contribution in [1.29, 1.82) is 0 Å². The third-order valence-corrected chi connectivity index (χ3v) is 5.50. The van der Waals surface area contributed by atoms with Gasteiger partial charge in [-0.3, -0.25) is 9.48 Å². The standard InChI is InChI=1S/C18H21N3O3/c22-17(11-20-14-7-3-2-6-13(14)10-19-20)21-15-8-4-1-5-12(15)9-16(21)18(23)24/h2-3,6-7,10,12,15-16H,1,4-5,8-9,11H2,(H,23,24). The Balaban J connectivity index is 1.60. The minimum atomic E-state index is -0.886. The fraction of sp³-hybridized carbons (Fsp3) is 0.500. The molecule has 126 valence electrons. The van der Waals surface area contributed by atoms with Crippen LogP contribution in [0.5, 0.6) is 0 Å². The predicted molar refractivity (Wildman–Crippen MR) is 88.4 cm³/mol. The maximum atomic E-state index is 12.9. The van der Waals surface area contributed by atoms with Gasteiger partial charge < -0.3 is 10.0 Å². The van der Waals surface area contributed by atoms with E-state index in [9.17, 15) is 14.7 Å². The largest absolute Gasteiger partial charge is 0.480 e. The zero-order valence-electron chi connectivity index (χ0n) is 13.5. The number of hydrogen-bond acceptors (Lipinski definition) is 3. The summed E-state index contributed by atoms with van der Waals surface area (Å²) >= 11 is 0. The van der Waals surface area contributed by atoms with Gasteiger partial charge in [0.15, 0.2) is 0 Å². The molecule has 0 spiro atoms. The van der Waals surface area contributed by atoms with Crippen LogP contribution in [-0.4, -0.2) is 43.7 Å². The van der Waals surface area contributed by atoms with Gasteiger partial charge in [0.25, 0.3) is 0 Å². The van der Waals surface area contributed by atoms with Crippen molar-refractivity contribution in [3.8, 4) is 0 Å². The highest BCUT2D eigenvalue weighted by Gasteiger charge is 2.47.